The van der Waals surface area contributed by atoms with Gasteiger partial charge in [-0.3, -0.25) is 0 Å². The summed E-state index contributed by atoms with van der Waals surface area (Å²) in [6, 6.07) is 0. The van der Waals surface area contributed by atoms with Gasteiger partial charge in [0.15, 0.2) is 0 Å². The maximum atomic E-state index is 12.0. The molecule has 0 aromatic heterocycles. The van der Waals surface area contributed by atoms with Crippen molar-refractivity contribution in [1.29, 1.82) is 0 Å². The van der Waals surface area contributed by atoms with Gasteiger partial charge in [-0.05, 0) is 6.42 Å². The summed E-state index contributed by atoms with van der Waals surface area (Å²) in [5, 5.41) is 0. The van der Waals surface area contributed by atoms with Crippen LogP contribution in [0.25, 0.3) is 0 Å². The standard InChI is InChI=1S/C6H9F3/c1-2-5(7)3-4-6(8)9/h2,5-6H,1,3-4H2. The topological polar surface area (TPSA) is 0 Å². The van der Waals surface area contributed by atoms with Gasteiger partial charge < -0.3 is 0 Å². The second-order valence-electron chi connectivity index (χ2n) is 1.72. The molecule has 0 heterocycles. The lowest BCUT2D eigenvalue weighted by atomic mass is 10.2. The number of hydrogen-bond acceptors (Lipinski definition) is 0. The van der Waals surface area contributed by atoms with Gasteiger partial charge in [-0.15, -0.1) is 6.58 Å². The van der Waals surface area contributed by atoms with Gasteiger partial charge in [-0.1, -0.05) is 6.08 Å². The van der Waals surface area contributed by atoms with Crippen LogP contribution in [-0.4, -0.2) is 12.6 Å². The van der Waals surface area contributed by atoms with E-state index in [1.807, 2.05) is 0 Å². The summed E-state index contributed by atoms with van der Waals surface area (Å²) < 4.78 is 34.7. The second kappa shape index (κ2) is 4.41. The predicted molar refractivity (Wildman–Crippen MR) is 30.3 cm³/mol. The molecule has 0 fully saturated rings. The fourth-order valence-electron chi connectivity index (χ4n) is 0.403. The maximum absolute atomic E-state index is 12.0. The average Bonchev–Trinajstić information content (AvgIpc) is 1.83. The van der Waals surface area contributed by atoms with E-state index in [1.54, 1.807) is 0 Å². The van der Waals surface area contributed by atoms with E-state index < -0.39 is 12.6 Å². The summed E-state index contributed by atoms with van der Waals surface area (Å²) in [6.45, 7) is 3.12. The van der Waals surface area contributed by atoms with Crippen molar-refractivity contribution in [2.24, 2.45) is 0 Å². The molecule has 0 aromatic carbocycles. The van der Waals surface area contributed by atoms with Crippen molar-refractivity contribution in [3.63, 3.8) is 0 Å². The van der Waals surface area contributed by atoms with Crippen LogP contribution >= 0.6 is 0 Å². The molecule has 0 aromatic rings. The van der Waals surface area contributed by atoms with Crippen LogP contribution in [0.2, 0.25) is 0 Å². The minimum atomic E-state index is -2.40. The highest BCUT2D eigenvalue weighted by Gasteiger charge is 2.06. The molecule has 0 radical (unpaired) electrons. The smallest absolute Gasteiger partial charge is 0.238 e. The molecule has 0 N–H and O–H groups in total. The Labute approximate surface area is 52.4 Å². The van der Waals surface area contributed by atoms with Crippen molar-refractivity contribution < 1.29 is 13.2 Å². The molecule has 1 atom stereocenters. The highest BCUT2D eigenvalue weighted by molar-refractivity contribution is 4.78. The molecule has 1 unspecified atom stereocenters. The highest BCUT2D eigenvalue weighted by Crippen LogP contribution is 2.08. The molecule has 9 heavy (non-hydrogen) atoms. The summed E-state index contributed by atoms with van der Waals surface area (Å²) in [5.74, 6) is 0. The molecule has 0 aliphatic carbocycles. The Bertz CT molecular complexity index is 80.4. The van der Waals surface area contributed by atoms with E-state index in [0.29, 0.717) is 0 Å². The number of hydrogen-bond donors (Lipinski definition) is 0. The molecule has 0 nitrogen and oxygen atoms in total. The Morgan fingerprint density at radius 1 is 1.22 bits per heavy atom. The predicted octanol–water partition coefficient (Wildman–Crippen LogP) is 2.56. The lowest BCUT2D eigenvalue weighted by Gasteiger charge is -1.99. The first-order valence-corrected chi connectivity index (χ1v) is 2.71. The minimum Gasteiger partial charge on any atom is -0.243 e. The molecule has 0 saturated heterocycles. The van der Waals surface area contributed by atoms with Crippen LogP contribution in [0.15, 0.2) is 12.7 Å². The minimum absolute atomic E-state index is 0.124. The van der Waals surface area contributed by atoms with Crippen LogP contribution in [0, 0.1) is 0 Å². The first-order valence-electron chi connectivity index (χ1n) is 2.71. The fraction of sp³-hybridized carbons (Fsp3) is 0.667. The first kappa shape index (κ1) is 8.53. The van der Waals surface area contributed by atoms with Gasteiger partial charge in [-0.25, -0.2) is 13.2 Å². The molecule has 0 aliphatic rings. The Morgan fingerprint density at radius 2 is 1.78 bits per heavy atom. The molecule has 0 rings (SSSR count). The fourth-order valence-corrected chi connectivity index (χ4v) is 0.403. The lowest BCUT2D eigenvalue weighted by molar-refractivity contribution is 0.126. The summed E-state index contributed by atoms with van der Waals surface area (Å²) in [5.41, 5.74) is 0. The zero-order valence-corrected chi connectivity index (χ0v) is 4.99. The molecule has 0 bridgehead atoms. The van der Waals surface area contributed by atoms with Crippen LogP contribution in [-0.2, 0) is 0 Å². The molecule has 0 spiro atoms. The van der Waals surface area contributed by atoms with Crippen LogP contribution in [0.5, 0.6) is 0 Å². The second-order valence-corrected chi connectivity index (χ2v) is 1.72. The van der Waals surface area contributed by atoms with E-state index in [2.05, 4.69) is 6.58 Å². The third-order valence-electron chi connectivity index (χ3n) is 0.916. The molecule has 0 saturated carbocycles. The Kier molecular flexibility index (Phi) is 4.18. The number of allylic oxidation sites excluding steroid dienone is 1. The van der Waals surface area contributed by atoms with Crippen molar-refractivity contribution in [2.45, 2.75) is 25.4 Å². The van der Waals surface area contributed by atoms with Crippen LogP contribution in [0.4, 0.5) is 13.2 Å². The molecule has 3 heteroatoms. The monoisotopic (exact) mass is 138 g/mol. The maximum Gasteiger partial charge on any atom is 0.238 e. The van der Waals surface area contributed by atoms with Gasteiger partial charge in [0.05, 0.1) is 0 Å². The molecule has 0 aliphatic heterocycles. The normalized spacial score (nSPS) is 13.8. The van der Waals surface area contributed by atoms with Crippen molar-refractivity contribution in [3.8, 4) is 0 Å². The summed E-state index contributed by atoms with van der Waals surface area (Å²) in [6.07, 6.45) is -3.15. The summed E-state index contributed by atoms with van der Waals surface area (Å²) in [4.78, 5) is 0. The zero-order chi connectivity index (χ0) is 7.28. The average molecular weight is 138 g/mol. The highest BCUT2D eigenvalue weighted by atomic mass is 19.3. The van der Waals surface area contributed by atoms with Gasteiger partial charge in [-0.2, -0.15) is 0 Å². The zero-order valence-electron chi connectivity index (χ0n) is 4.99. The van der Waals surface area contributed by atoms with Crippen LogP contribution in [0.1, 0.15) is 12.8 Å². The summed E-state index contributed by atoms with van der Waals surface area (Å²) in [7, 11) is 0. The van der Waals surface area contributed by atoms with E-state index in [0.717, 1.165) is 6.08 Å². The number of rotatable bonds is 4. The number of halogens is 3. The van der Waals surface area contributed by atoms with Gasteiger partial charge in [0, 0.05) is 6.42 Å². The molecule has 54 valence electrons. The third kappa shape index (κ3) is 5.40. The van der Waals surface area contributed by atoms with Crippen molar-refractivity contribution in [1.82, 2.24) is 0 Å². The molecular weight excluding hydrogens is 129 g/mol. The van der Waals surface area contributed by atoms with Gasteiger partial charge in [0.2, 0.25) is 6.43 Å². The van der Waals surface area contributed by atoms with Gasteiger partial charge >= 0.3 is 0 Å². The SMILES string of the molecule is C=CC(F)CCC(F)F. The van der Waals surface area contributed by atoms with E-state index in [4.69, 9.17) is 0 Å². The van der Waals surface area contributed by atoms with Gasteiger partial charge in [0.1, 0.15) is 6.17 Å². The largest absolute Gasteiger partial charge is 0.243 e. The van der Waals surface area contributed by atoms with E-state index in [9.17, 15) is 13.2 Å². The third-order valence-corrected chi connectivity index (χ3v) is 0.916. The number of alkyl halides is 3. The van der Waals surface area contributed by atoms with Crippen molar-refractivity contribution in [2.75, 3.05) is 0 Å². The lowest BCUT2D eigenvalue weighted by Crippen LogP contribution is -1.98. The van der Waals surface area contributed by atoms with Crippen molar-refractivity contribution >= 4 is 0 Å². The van der Waals surface area contributed by atoms with E-state index >= 15 is 0 Å². The van der Waals surface area contributed by atoms with E-state index in [1.165, 1.54) is 0 Å². The Morgan fingerprint density at radius 3 is 2.11 bits per heavy atom. The van der Waals surface area contributed by atoms with Crippen LogP contribution < -0.4 is 0 Å². The molecular formula is C6H9F3. The first-order chi connectivity index (χ1) is 4.16. The molecule has 0 amide bonds. The van der Waals surface area contributed by atoms with Gasteiger partial charge in [0.25, 0.3) is 0 Å². The quantitative estimate of drug-likeness (QED) is 0.524. The van der Waals surface area contributed by atoms with Crippen LogP contribution in [0.3, 0.4) is 0 Å². The van der Waals surface area contributed by atoms with Crippen molar-refractivity contribution in [3.05, 3.63) is 12.7 Å². The van der Waals surface area contributed by atoms with E-state index in [-0.39, 0.29) is 12.8 Å². The summed E-state index contributed by atoms with van der Waals surface area (Å²) >= 11 is 0. The Hall–Kier alpha value is -0.470. The Balaban J connectivity index is 3.16.